The molecule has 4 heteroatoms. The highest BCUT2D eigenvalue weighted by molar-refractivity contribution is 9.11. The first kappa shape index (κ1) is 14.3. The molecular formula is C15H15BrN2S. The molecule has 0 radical (unpaired) electrons. The molecule has 0 amide bonds. The summed E-state index contributed by atoms with van der Waals surface area (Å²) in [6, 6.07) is 14.5. The molecule has 2 rings (SSSR count). The molecule has 0 saturated heterocycles. The molecule has 2 aromatic rings. The van der Waals surface area contributed by atoms with Crippen molar-refractivity contribution in [1.29, 1.82) is 5.26 Å². The molecule has 0 bridgehead atoms. The summed E-state index contributed by atoms with van der Waals surface area (Å²) in [6.45, 7) is 1.61. The summed E-state index contributed by atoms with van der Waals surface area (Å²) in [5, 5.41) is 11.5. The SMILES string of the molecule is CN(Cc1csc(Br)c1)CC(C#N)c1ccccc1. The number of likely N-dealkylation sites (N-methyl/N-ethyl adjacent to an activating group) is 1. The van der Waals surface area contributed by atoms with Crippen molar-refractivity contribution in [3.8, 4) is 6.07 Å². The van der Waals surface area contributed by atoms with Crippen LogP contribution in [0.2, 0.25) is 0 Å². The molecule has 1 unspecified atom stereocenters. The maximum Gasteiger partial charge on any atom is 0.0839 e. The van der Waals surface area contributed by atoms with Crippen LogP contribution >= 0.6 is 27.3 Å². The standard InChI is InChI=1S/C15H15BrN2S/c1-18(9-12-7-15(16)19-11-12)10-14(8-17)13-5-3-2-4-6-13/h2-7,11,14H,9-10H2,1H3. The quantitative estimate of drug-likeness (QED) is 0.817. The van der Waals surface area contributed by atoms with Gasteiger partial charge in [0.1, 0.15) is 0 Å². The van der Waals surface area contributed by atoms with Crippen LogP contribution in [0.3, 0.4) is 0 Å². The summed E-state index contributed by atoms with van der Waals surface area (Å²) >= 11 is 5.16. The summed E-state index contributed by atoms with van der Waals surface area (Å²) in [4.78, 5) is 2.19. The Labute approximate surface area is 126 Å². The average Bonchev–Trinajstić information content (AvgIpc) is 2.82. The van der Waals surface area contributed by atoms with E-state index >= 15 is 0 Å². The number of rotatable bonds is 5. The number of hydrogen-bond donors (Lipinski definition) is 0. The van der Waals surface area contributed by atoms with Crippen molar-refractivity contribution in [2.75, 3.05) is 13.6 Å². The van der Waals surface area contributed by atoms with Gasteiger partial charge in [-0.25, -0.2) is 0 Å². The van der Waals surface area contributed by atoms with E-state index in [4.69, 9.17) is 0 Å². The number of nitriles is 1. The smallest absolute Gasteiger partial charge is 0.0839 e. The summed E-state index contributed by atoms with van der Waals surface area (Å²) in [6.07, 6.45) is 0. The molecule has 2 nitrogen and oxygen atoms in total. The van der Waals surface area contributed by atoms with Gasteiger partial charge < -0.3 is 4.90 Å². The molecule has 0 aliphatic rings. The first-order chi connectivity index (χ1) is 9.19. The van der Waals surface area contributed by atoms with E-state index in [0.29, 0.717) is 0 Å². The van der Waals surface area contributed by atoms with Crippen LogP contribution in [0.25, 0.3) is 0 Å². The van der Waals surface area contributed by atoms with Gasteiger partial charge in [-0.1, -0.05) is 30.3 Å². The number of halogens is 1. The van der Waals surface area contributed by atoms with Crippen LogP contribution in [0.1, 0.15) is 17.0 Å². The van der Waals surface area contributed by atoms with Crippen LogP contribution in [0, 0.1) is 11.3 Å². The number of thiophene rings is 1. The van der Waals surface area contributed by atoms with Crippen LogP contribution in [0.5, 0.6) is 0 Å². The predicted octanol–water partition coefficient (Wildman–Crippen LogP) is 4.25. The zero-order chi connectivity index (χ0) is 13.7. The Morgan fingerprint density at radius 2 is 2.11 bits per heavy atom. The second kappa shape index (κ2) is 6.85. The van der Waals surface area contributed by atoms with Crippen LogP contribution < -0.4 is 0 Å². The van der Waals surface area contributed by atoms with Crippen molar-refractivity contribution in [3.63, 3.8) is 0 Å². The van der Waals surface area contributed by atoms with Crippen molar-refractivity contribution < 1.29 is 0 Å². The number of nitrogens with zero attached hydrogens (tertiary/aromatic N) is 2. The summed E-state index contributed by atoms with van der Waals surface area (Å²) in [7, 11) is 2.05. The molecule has 1 aromatic heterocycles. The first-order valence-electron chi connectivity index (χ1n) is 6.05. The van der Waals surface area contributed by atoms with E-state index in [1.54, 1.807) is 11.3 Å². The van der Waals surface area contributed by atoms with Gasteiger partial charge in [0.15, 0.2) is 0 Å². The zero-order valence-corrected chi connectivity index (χ0v) is 13.1. The lowest BCUT2D eigenvalue weighted by molar-refractivity contribution is 0.320. The van der Waals surface area contributed by atoms with Crippen molar-refractivity contribution in [3.05, 3.63) is 56.7 Å². The molecule has 1 heterocycles. The molecule has 0 saturated carbocycles. The normalized spacial score (nSPS) is 12.3. The minimum atomic E-state index is -0.0757. The third-order valence-electron chi connectivity index (χ3n) is 2.93. The minimum absolute atomic E-state index is 0.0757. The van der Waals surface area contributed by atoms with Gasteiger partial charge in [0.2, 0.25) is 0 Å². The van der Waals surface area contributed by atoms with Crippen LogP contribution in [0.15, 0.2) is 45.6 Å². The Kier molecular flexibility index (Phi) is 5.15. The van der Waals surface area contributed by atoms with Crippen molar-refractivity contribution in [1.82, 2.24) is 4.90 Å². The molecule has 0 aliphatic heterocycles. The maximum absolute atomic E-state index is 9.32. The van der Waals surface area contributed by atoms with Gasteiger partial charge in [0.25, 0.3) is 0 Å². The highest BCUT2D eigenvalue weighted by Gasteiger charge is 2.13. The monoisotopic (exact) mass is 334 g/mol. The average molecular weight is 335 g/mol. The van der Waals surface area contributed by atoms with Gasteiger partial charge in [-0.05, 0) is 45.6 Å². The van der Waals surface area contributed by atoms with Gasteiger partial charge >= 0.3 is 0 Å². The maximum atomic E-state index is 9.32. The van der Waals surface area contributed by atoms with Crippen LogP contribution in [0.4, 0.5) is 0 Å². The Bertz CT molecular complexity index is 559. The lowest BCUT2D eigenvalue weighted by Crippen LogP contribution is -2.23. The lowest BCUT2D eigenvalue weighted by Gasteiger charge is -2.19. The Morgan fingerprint density at radius 1 is 1.37 bits per heavy atom. The van der Waals surface area contributed by atoms with E-state index in [0.717, 1.165) is 22.4 Å². The molecule has 0 fully saturated rings. The fourth-order valence-corrected chi connectivity index (χ4v) is 3.22. The highest BCUT2D eigenvalue weighted by Crippen LogP contribution is 2.22. The molecule has 19 heavy (non-hydrogen) atoms. The van der Waals surface area contributed by atoms with Crippen molar-refractivity contribution >= 4 is 27.3 Å². The highest BCUT2D eigenvalue weighted by atomic mass is 79.9. The van der Waals surface area contributed by atoms with E-state index in [1.807, 2.05) is 30.3 Å². The zero-order valence-electron chi connectivity index (χ0n) is 10.7. The molecular weight excluding hydrogens is 320 g/mol. The number of hydrogen-bond acceptors (Lipinski definition) is 3. The Hall–Kier alpha value is -1.15. The molecule has 0 aliphatic carbocycles. The van der Waals surface area contributed by atoms with E-state index in [-0.39, 0.29) is 5.92 Å². The van der Waals surface area contributed by atoms with Crippen molar-refractivity contribution in [2.45, 2.75) is 12.5 Å². The van der Waals surface area contributed by atoms with Gasteiger partial charge in [0.05, 0.1) is 15.8 Å². The third kappa shape index (κ3) is 4.17. The summed E-state index contributed by atoms with van der Waals surface area (Å²) in [5.41, 5.74) is 2.37. The first-order valence-corrected chi connectivity index (χ1v) is 7.72. The summed E-state index contributed by atoms with van der Waals surface area (Å²) in [5.74, 6) is -0.0757. The largest absolute Gasteiger partial charge is 0.300 e. The fourth-order valence-electron chi connectivity index (χ4n) is 2.02. The Morgan fingerprint density at radius 3 is 2.68 bits per heavy atom. The third-order valence-corrected chi connectivity index (χ3v) is 4.48. The van der Waals surface area contributed by atoms with E-state index in [2.05, 4.69) is 45.4 Å². The molecule has 1 aromatic carbocycles. The van der Waals surface area contributed by atoms with Crippen molar-refractivity contribution in [2.24, 2.45) is 0 Å². The second-order valence-electron chi connectivity index (χ2n) is 4.55. The van der Waals surface area contributed by atoms with E-state index in [1.165, 1.54) is 5.56 Å². The Balaban J connectivity index is 1.97. The van der Waals surface area contributed by atoms with Gasteiger partial charge in [0, 0.05) is 13.1 Å². The second-order valence-corrected chi connectivity index (χ2v) is 6.84. The molecule has 0 N–H and O–H groups in total. The summed E-state index contributed by atoms with van der Waals surface area (Å²) < 4.78 is 1.15. The topological polar surface area (TPSA) is 27.0 Å². The lowest BCUT2D eigenvalue weighted by atomic mass is 10.0. The van der Waals surface area contributed by atoms with Gasteiger partial charge in [-0.15, -0.1) is 11.3 Å². The molecule has 98 valence electrons. The number of benzene rings is 1. The van der Waals surface area contributed by atoms with Gasteiger partial charge in [-0.3, -0.25) is 0 Å². The van der Waals surface area contributed by atoms with E-state index < -0.39 is 0 Å². The molecule has 0 spiro atoms. The van der Waals surface area contributed by atoms with Gasteiger partial charge in [-0.2, -0.15) is 5.26 Å². The fraction of sp³-hybridized carbons (Fsp3) is 0.267. The predicted molar refractivity (Wildman–Crippen MR) is 83.1 cm³/mol. The van der Waals surface area contributed by atoms with Crippen LogP contribution in [-0.4, -0.2) is 18.5 Å². The van der Waals surface area contributed by atoms with E-state index in [9.17, 15) is 5.26 Å². The molecule has 1 atom stereocenters. The van der Waals surface area contributed by atoms with Crippen LogP contribution in [-0.2, 0) is 6.54 Å². The minimum Gasteiger partial charge on any atom is -0.300 e.